The van der Waals surface area contributed by atoms with Gasteiger partial charge in [0, 0.05) is 31.6 Å². The Morgan fingerprint density at radius 1 is 1.15 bits per heavy atom. The fourth-order valence-electron chi connectivity index (χ4n) is 4.70. The summed E-state index contributed by atoms with van der Waals surface area (Å²) in [4.78, 5) is 27.5. The number of cyclic esters (lactones) is 1. The summed E-state index contributed by atoms with van der Waals surface area (Å²) in [7, 11) is 0. The van der Waals surface area contributed by atoms with Crippen molar-refractivity contribution in [2.75, 3.05) is 32.8 Å². The number of ether oxygens (including phenoxy) is 2. The minimum absolute atomic E-state index is 0.00821. The van der Waals surface area contributed by atoms with Gasteiger partial charge in [0.25, 0.3) is 5.91 Å². The van der Waals surface area contributed by atoms with E-state index >= 15 is 0 Å². The van der Waals surface area contributed by atoms with Gasteiger partial charge in [0.05, 0.1) is 18.8 Å². The quantitative estimate of drug-likeness (QED) is 0.818. The number of benzene rings is 1. The van der Waals surface area contributed by atoms with Crippen LogP contribution in [0.3, 0.4) is 0 Å². The first-order valence-electron chi connectivity index (χ1n) is 10.1. The van der Waals surface area contributed by atoms with Crippen LogP contribution in [0.2, 0.25) is 0 Å². The third-order valence-corrected chi connectivity index (χ3v) is 6.24. The van der Waals surface area contributed by atoms with Crippen molar-refractivity contribution in [2.24, 2.45) is 0 Å². The third kappa shape index (κ3) is 3.87. The SMILES string of the molecule is O=C1OC(C(=O)NCC2(N3CCOCC3)CCCCC2)Cc2ccccc21. The van der Waals surface area contributed by atoms with Crippen molar-refractivity contribution in [1.29, 1.82) is 0 Å². The maximum atomic E-state index is 12.8. The molecule has 27 heavy (non-hydrogen) atoms. The molecule has 146 valence electrons. The van der Waals surface area contributed by atoms with E-state index in [2.05, 4.69) is 10.2 Å². The van der Waals surface area contributed by atoms with Crippen molar-refractivity contribution in [2.45, 2.75) is 50.2 Å². The normalized spacial score (nSPS) is 25.3. The molecule has 1 aliphatic carbocycles. The van der Waals surface area contributed by atoms with Crippen LogP contribution in [-0.2, 0) is 20.7 Å². The highest BCUT2D eigenvalue weighted by Crippen LogP contribution is 2.34. The van der Waals surface area contributed by atoms with Crippen molar-refractivity contribution >= 4 is 11.9 Å². The Labute approximate surface area is 160 Å². The summed E-state index contributed by atoms with van der Waals surface area (Å²) in [5, 5.41) is 3.11. The summed E-state index contributed by atoms with van der Waals surface area (Å²) in [6.45, 7) is 3.96. The predicted molar refractivity (Wildman–Crippen MR) is 101 cm³/mol. The van der Waals surface area contributed by atoms with Crippen LogP contribution in [0, 0.1) is 0 Å². The Morgan fingerprint density at radius 2 is 1.89 bits per heavy atom. The van der Waals surface area contributed by atoms with E-state index in [-0.39, 0.29) is 11.4 Å². The number of amides is 1. The van der Waals surface area contributed by atoms with Crippen molar-refractivity contribution in [3.63, 3.8) is 0 Å². The van der Waals surface area contributed by atoms with Gasteiger partial charge in [-0.2, -0.15) is 0 Å². The molecule has 0 bridgehead atoms. The Balaban J connectivity index is 1.42. The minimum atomic E-state index is -0.738. The van der Waals surface area contributed by atoms with Gasteiger partial charge >= 0.3 is 5.97 Å². The number of fused-ring (bicyclic) bond motifs is 1. The van der Waals surface area contributed by atoms with Crippen LogP contribution in [-0.4, -0.2) is 61.3 Å². The first-order chi connectivity index (χ1) is 13.2. The lowest BCUT2D eigenvalue weighted by Gasteiger charge is -2.48. The molecule has 1 aromatic rings. The van der Waals surface area contributed by atoms with Crippen molar-refractivity contribution < 1.29 is 19.1 Å². The number of morpholine rings is 1. The molecule has 2 heterocycles. The smallest absolute Gasteiger partial charge is 0.339 e. The number of hydrogen-bond acceptors (Lipinski definition) is 5. The molecule has 1 saturated heterocycles. The number of esters is 1. The van der Waals surface area contributed by atoms with Crippen LogP contribution >= 0.6 is 0 Å². The average molecular weight is 372 g/mol. The van der Waals surface area contributed by atoms with E-state index < -0.39 is 12.1 Å². The Kier molecular flexibility index (Phi) is 5.45. The summed E-state index contributed by atoms with van der Waals surface area (Å²) in [5.74, 6) is -0.589. The van der Waals surface area contributed by atoms with Crippen LogP contribution < -0.4 is 5.32 Å². The van der Waals surface area contributed by atoms with Gasteiger partial charge in [-0.15, -0.1) is 0 Å². The fraction of sp³-hybridized carbons (Fsp3) is 0.619. The number of carbonyl (C=O) groups is 2. The average Bonchev–Trinajstić information content (AvgIpc) is 2.73. The van der Waals surface area contributed by atoms with Gasteiger partial charge in [-0.1, -0.05) is 37.5 Å². The van der Waals surface area contributed by atoms with E-state index in [9.17, 15) is 9.59 Å². The molecular formula is C21H28N2O4. The lowest BCUT2D eigenvalue weighted by molar-refractivity contribution is -0.131. The second-order valence-electron chi connectivity index (χ2n) is 7.86. The maximum absolute atomic E-state index is 12.8. The lowest BCUT2D eigenvalue weighted by atomic mass is 9.79. The van der Waals surface area contributed by atoms with E-state index in [0.29, 0.717) is 18.5 Å². The number of hydrogen-bond donors (Lipinski definition) is 1. The van der Waals surface area contributed by atoms with E-state index in [1.54, 1.807) is 6.07 Å². The first-order valence-corrected chi connectivity index (χ1v) is 10.1. The van der Waals surface area contributed by atoms with Gasteiger partial charge in [0.1, 0.15) is 0 Å². The molecule has 2 fully saturated rings. The lowest BCUT2D eigenvalue weighted by Crippen LogP contribution is -2.60. The highest BCUT2D eigenvalue weighted by Gasteiger charge is 2.40. The minimum Gasteiger partial charge on any atom is -0.448 e. The van der Waals surface area contributed by atoms with Crippen LogP contribution in [0.5, 0.6) is 0 Å². The van der Waals surface area contributed by atoms with Crippen LogP contribution in [0.4, 0.5) is 0 Å². The first kappa shape index (κ1) is 18.4. The monoisotopic (exact) mass is 372 g/mol. The molecule has 3 aliphatic rings. The van der Waals surface area contributed by atoms with Crippen molar-refractivity contribution in [1.82, 2.24) is 10.2 Å². The summed E-state index contributed by atoms with van der Waals surface area (Å²) in [5.41, 5.74) is 1.46. The Hall–Kier alpha value is -1.92. The molecule has 6 nitrogen and oxygen atoms in total. The summed E-state index contributed by atoms with van der Waals surface area (Å²) >= 11 is 0. The highest BCUT2D eigenvalue weighted by atomic mass is 16.5. The Bertz CT molecular complexity index is 693. The molecule has 0 aromatic heterocycles. The molecule has 1 amide bonds. The van der Waals surface area contributed by atoms with Gasteiger partial charge in [0.15, 0.2) is 6.10 Å². The number of nitrogens with one attached hydrogen (secondary N) is 1. The zero-order chi connectivity index (χ0) is 18.7. The molecule has 1 N–H and O–H groups in total. The summed E-state index contributed by atoms with van der Waals surface area (Å²) in [6.07, 6.45) is 5.55. The van der Waals surface area contributed by atoms with Gasteiger partial charge in [-0.25, -0.2) is 4.79 Å². The molecule has 1 aromatic carbocycles. The van der Waals surface area contributed by atoms with Crippen LogP contribution in [0.1, 0.15) is 48.0 Å². The standard InChI is InChI=1S/C21H28N2O4/c24-19(18-14-16-6-2-3-7-17(16)20(25)27-18)22-15-21(8-4-1-5-9-21)23-10-12-26-13-11-23/h2-3,6-7,18H,1,4-5,8-15H2,(H,22,24). The van der Waals surface area contributed by atoms with E-state index in [1.165, 1.54) is 19.3 Å². The van der Waals surface area contributed by atoms with Gasteiger partial charge in [0.2, 0.25) is 0 Å². The molecule has 4 rings (SSSR count). The second-order valence-corrected chi connectivity index (χ2v) is 7.86. The third-order valence-electron chi connectivity index (χ3n) is 6.24. The summed E-state index contributed by atoms with van der Waals surface area (Å²) < 4.78 is 10.9. The molecular weight excluding hydrogens is 344 g/mol. The van der Waals surface area contributed by atoms with Crippen LogP contribution in [0.25, 0.3) is 0 Å². The molecule has 0 spiro atoms. The van der Waals surface area contributed by atoms with Crippen molar-refractivity contribution in [3.05, 3.63) is 35.4 Å². The van der Waals surface area contributed by atoms with Crippen LogP contribution in [0.15, 0.2) is 24.3 Å². The fourth-order valence-corrected chi connectivity index (χ4v) is 4.70. The van der Waals surface area contributed by atoms with E-state index in [0.717, 1.165) is 44.7 Å². The highest BCUT2D eigenvalue weighted by molar-refractivity contribution is 5.95. The number of carbonyl (C=O) groups excluding carboxylic acids is 2. The van der Waals surface area contributed by atoms with E-state index in [1.807, 2.05) is 18.2 Å². The largest absolute Gasteiger partial charge is 0.448 e. The molecule has 1 unspecified atom stereocenters. The molecule has 1 atom stereocenters. The zero-order valence-corrected chi connectivity index (χ0v) is 15.7. The number of rotatable bonds is 4. The molecule has 1 saturated carbocycles. The summed E-state index contributed by atoms with van der Waals surface area (Å²) in [6, 6.07) is 7.35. The topological polar surface area (TPSA) is 67.9 Å². The second kappa shape index (κ2) is 7.98. The number of nitrogens with zero attached hydrogens (tertiary/aromatic N) is 1. The molecule has 2 aliphatic heterocycles. The van der Waals surface area contributed by atoms with Gasteiger partial charge in [-0.3, -0.25) is 9.69 Å². The van der Waals surface area contributed by atoms with Crippen molar-refractivity contribution in [3.8, 4) is 0 Å². The van der Waals surface area contributed by atoms with Gasteiger partial charge < -0.3 is 14.8 Å². The molecule has 0 radical (unpaired) electrons. The predicted octanol–water partition coefficient (Wildman–Crippen LogP) is 1.92. The molecule has 6 heteroatoms. The zero-order valence-electron chi connectivity index (χ0n) is 15.7. The Morgan fingerprint density at radius 3 is 2.67 bits per heavy atom. The van der Waals surface area contributed by atoms with Gasteiger partial charge in [-0.05, 0) is 24.5 Å². The maximum Gasteiger partial charge on any atom is 0.339 e. The van der Waals surface area contributed by atoms with E-state index in [4.69, 9.17) is 9.47 Å².